The van der Waals surface area contributed by atoms with Gasteiger partial charge in [0.15, 0.2) is 0 Å². The number of likely N-dealkylation sites (tertiary alicyclic amines) is 1. The monoisotopic (exact) mass is 448 g/mol. The molecule has 168 valence electrons. The van der Waals surface area contributed by atoms with Gasteiger partial charge in [-0.2, -0.15) is 4.31 Å². The van der Waals surface area contributed by atoms with E-state index >= 15 is 0 Å². The van der Waals surface area contributed by atoms with Gasteiger partial charge in [0, 0.05) is 32.1 Å². The molecule has 0 unspecified atom stereocenters. The van der Waals surface area contributed by atoms with Crippen LogP contribution >= 0.6 is 0 Å². The first kappa shape index (κ1) is 22.0. The van der Waals surface area contributed by atoms with E-state index in [0.717, 1.165) is 36.3 Å². The van der Waals surface area contributed by atoms with E-state index in [2.05, 4.69) is 4.90 Å². The van der Waals surface area contributed by atoms with Crippen molar-refractivity contribution in [3.8, 4) is 11.5 Å². The van der Waals surface area contributed by atoms with Crippen molar-refractivity contribution in [2.75, 3.05) is 45.7 Å². The summed E-state index contributed by atoms with van der Waals surface area (Å²) in [5.74, 6) is 1.04. The second-order valence-corrected chi connectivity index (χ2v) is 10.6. The molecule has 0 saturated carbocycles. The maximum atomic E-state index is 12.6. The van der Waals surface area contributed by atoms with Gasteiger partial charge in [-0.05, 0) is 46.9 Å². The van der Waals surface area contributed by atoms with E-state index in [-0.39, 0.29) is 24.3 Å². The van der Waals surface area contributed by atoms with Crippen LogP contribution in [-0.2, 0) is 10.0 Å². The number of alkyl halides is 1. The second-order valence-electron chi connectivity index (χ2n) is 8.65. The molecule has 1 fully saturated rings. The minimum atomic E-state index is -3.44. The van der Waals surface area contributed by atoms with Crippen molar-refractivity contribution in [1.29, 1.82) is 0 Å². The number of ether oxygens (including phenoxy) is 1. The second kappa shape index (κ2) is 8.76. The van der Waals surface area contributed by atoms with E-state index in [1.165, 1.54) is 10.6 Å². The van der Waals surface area contributed by atoms with Gasteiger partial charge in [-0.3, -0.25) is 9.29 Å². The quantitative estimate of drug-likeness (QED) is 0.705. The van der Waals surface area contributed by atoms with Crippen molar-refractivity contribution in [3.63, 3.8) is 0 Å². The largest absolute Gasteiger partial charge is 0.508 e. The zero-order valence-electron chi connectivity index (χ0n) is 17.9. The van der Waals surface area contributed by atoms with E-state index < -0.39 is 16.1 Å². The first-order valence-electron chi connectivity index (χ1n) is 10.6. The highest BCUT2D eigenvalue weighted by molar-refractivity contribution is 7.88. The zero-order chi connectivity index (χ0) is 22.2. The van der Waals surface area contributed by atoms with Crippen LogP contribution in [0.5, 0.6) is 11.5 Å². The highest BCUT2D eigenvalue weighted by Gasteiger charge is 2.37. The van der Waals surface area contributed by atoms with Crippen molar-refractivity contribution < 1.29 is 22.7 Å². The Bertz CT molecular complexity index is 1020. The third kappa shape index (κ3) is 4.71. The Morgan fingerprint density at radius 2 is 1.81 bits per heavy atom. The van der Waals surface area contributed by atoms with Crippen molar-refractivity contribution in [2.45, 2.75) is 18.9 Å². The summed E-state index contributed by atoms with van der Waals surface area (Å²) in [6, 6.07) is 12.2. The number of rotatable bonds is 7. The fourth-order valence-electron chi connectivity index (χ4n) is 4.54. The van der Waals surface area contributed by atoms with Gasteiger partial charge in [-0.15, -0.1) is 0 Å². The molecule has 0 radical (unpaired) electrons. The number of sulfonamides is 1. The molecule has 2 aliphatic rings. The summed E-state index contributed by atoms with van der Waals surface area (Å²) in [7, 11) is -3.44. The summed E-state index contributed by atoms with van der Waals surface area (Å²) in [6.07, 6.45) is 1.23. The molecule has 2 aromatic carbocycles. The lowest BCUT2D eigenvalue weighted by Gasteiger charge is -2.39. The molecule has 4 rings (SSSR count). The molecule has 2 atom stereocenters. The van der Waals surface area contributed by atoms with Crippen molar-refractivity contribution in [3.05, 3.63) is 59.2 Å². The Hall–Kier alpha value is -2.16. The molecule has 1 saturated heterocycles. The van der Waals surface area contributed by atoms with Crippen molar-refractivity contribution in [2.24, 2.45) is 5.92 Å². The number of phenolic OH excluding ortho intramolecular Hbond substituents is 1. The van der Waals surface area contributed by atoms with Crippen LogP contribution < -0.4 is 4.74 Å². The number of benzene rings is 2. The molecule has 2 heterocycles. The average molecular weight is 449 g/mol. The third-order valence-corrected chi connectivity index (χ3v) is 7.40. The number of phenols is 1. The topological polar surface area (TPSA) is 70.1 Å². The van der Waals surface area contributed by atoms with Gasteiger partial charge < -0.3 is 9.84 Å². The fourth-order valence-corrected chi connectivity index (χ4v) is 5.65. The summed E-state index contributed by atoms with van der Waals surface area (Å²) < 4.78 is 45.0. The molecule has 8 heteroatoms. The number of aromatic hydroxyl groups is 1. The van der Waals surface area contributed by atoms with Crippen LogP contribution in [0.3, 0.4) is 0 Å². The van der Waals surface area contributed by atoms with Crippen LogP contribution in [0.25, 0.3) is 0 Å². The van der Waals surface area contributed by atoms with Gasteiger partial charge in [0.1, 0.15) is 18.1 Å². The molecule has 0 aromatic heterocycles. The number of hydrogen-bond donors (Lipinski definition) is 1. The minimum Gasteiger partial charge on any atom is -0.508 e. The standard InChI is InChI=1S/C23H29FN2O4S/c1-16-13-26(31(2,28)29)23(21-8-5-19(27)11-22(16)21)18-3-6-20(7-4-18)30-10-9-25-14-17(12-24)15-25/h3-8,11,16-17,23,27H,9-10,12-15H2,1-2H3/t16-,23+/m0/s1. The predicted octanol–water partition coefficient (Wildman–Crippen LogP) is 3.14. The number of nitrogens with zero attached hydrogens (tertiary/aromatic N) is 2. The van der Waals surface area contributed by atoms with Crippen molar-refractivity contribution >= 4 is 10.0 Å². The molecule has 2 aliphatic heterocycles. The van der Waals surface area contributed by atoms with E-state index in [1.54, 1.807) is 12.1 Å². The van der Waals surface area contributed by atoms with Crippen LogP contribution in [0.4, 0.5) is 4.39 Å². The zero-order valence-corrected chi connectivity index (χ0v) is 18.7. The van der Waals surface area contributed by atoms with Crippen LogP contribution in [0.2, 0.25) is 0 Å². The molecule has 0 bridgehead atoms. The van der Waals surface area contributed by atoms with Crippen LogP contribution in [0.1, 0.15) is 35.6 Å². The van der Waals surface area contributed by atoms with E-state index in [9.17, 15) is 17.9 Å². The molecule has 0 amide bonds. The highest BCUT2D eigenvalue weighted by atomic mass is 32.2. The lowest BCUT2D eigenvalue weighted by Crippen LogP contribution is -2.49. The predicted molar refractivity (Wildman–Crippen MR) is 118 cm³/mol. The molecule has 0 spiro atoms. The number of halogens is 1. The summed E-state index contributed by atoms with van der Waals surface area (Å²) in [4.78, 5) is 2.16. The van der Waals surface area contributed by atoms with E-state index in [4.69, 9.17) is 4.74 Å². The van der Waals surface area contributed by atoms with Crippen LogP contribution in [0.15, 0.2) is 42.5 Å². The molecule has 2 aromatic rings. The molecular weight excluding hydrogens is 419 g/mol. The molecular formula is C23H29FN2O4S. The Morgan fingerprint density at radius 1 is 1.10 bits per heavy atom. The normalized spacial score (nSPS) is 22.7. The van der Waals surface area contributed by atoms with Gasteiger partial charge in [-0.25, -0.2) is 8.42 Å². The average Bonchev–Trinajstić information content (AvgIpc) is 2.70. The number of fused-ring (bicyclic) bond motifs is 1. The Balaban J connectivity index is 1.52. The van der Waals surface area contributed by atoms with Crippen LogP contribution in [-0.4, -0.2) is 68.4 Å². The lowest BCUT2D eigenvalue weighted by atomic mass is 9.84. The van der Waals surface area contributed by atoms with Gasteiger partial charge in [0.2, 0.25) is 10.0 Å². The molecule has 1 N–H and O–H groups in total. The molecule has 31 heavy (non-hydrogen) atoms. The van der Waals surface area contributed by atoms with Crippen LogP contribution in [0, 0.1) is 5.92 Å². The summed E-state index contributed by atoms with van der Waals surface area (Å²) in [5, 5.41) is 9.93. The summed E-state index contributed by atoms with van der Waals surface area (Å²) in [6.45, 7) is 4.93. The fraction of sp³-hybridized carbons (Fsp3) is 0.478. The first-order valence-corrected chi connectivity index (χ1v) is 12.4. The Labute approximate surface area is 183 Å². The SMILES string of the molecule is C[C@H]1CN(S(C)(=O)=O)[C@H](c2ccc(OCCN3CC(CF)C3)cc2)c2ccc(O)cc21. The van der Waals surface area contributed by atoms with E-state index in [0.29, 0.717) is 18.9 Å². The van der Waals surface area contributed by atoms with Gasteiger partial charge >= 0.3 is 0 Å². The smallest absolute Gasteiger partial charge is 0.212 e. The van der Waals surface area contributed by atoms with E-state index in [1.807, 2.05) is 37.3 Å². The highest BCUT2D eigenvalue weighted by Crippen LogP contribution is 2.42. The third-order valence-electron chi connectivity index (χ3n) is 6.19. The maximum absolute atomic E-state index is 12.6. The first-order chi connectivity index (χ1) is 14.8. The van der Waals surface area contributed by atoms with Gasteiger partial charge in [0.05, 0.1) is 19.0 Å². The van der Waals surface area contributed by atoms with Gasteiger partial charge in [-0.1, -0.05) is 25.1 Å². The van der Waals surface area contributed by atoms with Gasteiger partial charge in [0.25, 0.3) is 0 Å². The summed E-state index contributed by atoms with van der Waals surface area (Å²) in [5.41, 5.74) is 2.70. The minimum absolute atomic E-state index is 0.0193. The number of hydrogen-bond acceptors (Lipinski definition) is 5. The lowest BCUT2D eigenvalue weighted by molar-refractivity contribution is 0.0668. The summed E-state index contributed by atoms with van der Waals surface area (Å²) >= 11 is 0. The maximum Gasteiger partial charge on any atom is 0.212 e. The Kier molecular flexibility index (Phi) is 6.23. The van der Waals surface area contributed by atoms with Crippen molar-refractivity contribution in [1.82, 2.24) is 9.21 Å². The molecule has 0 aliphatic carbocycles. The molecule has 6 nitrogen and oxygen atoms in total. The Morgan fingerprint density at radius 3 is 2.45 bits per heavy atom.